The summed E-state index contributed by atoms with van der Waals surface area (Å²) in [6, 6.07) is 18.9. The first kappa shape index (κ1) is 25.2. The first-order valence-electron chi connectivity index (χ1n) is 10.9. The molecule has 0 saturated carbocycles. The van der Waals surface area contributed by atoms with Gasteiger partial charge in [-0.15, -0.1) is 0 Å². The maximum absolute atomic E-state index is 13.0. The van der Waals surface area contributed by atoms with Gasteiger partial charge in [0, 0.05) is 10.2 Å². The lowest BCUT2D eigenvalue weighted by Gasteiger charge is -2.14. The predicted octanol–water partition coefficient (Wildman–Crippen LogP) is 6.80. The molecule has 0 bridgehead atoms. The molecule has 0 spiro atoms. The number of amides is 2. The van der Waals surface area contributed by atoms with Crippen LogP contribution in [0.15, 0.2) is 70.0 Å². The minimum Gasteiger partial charge on any atom is -0.484 e. The molecule has 178 valence electrons. The number of hydrogen-bond donors (Lipinski definition) is 1. The second kappa shape index (κ2) is 10.8. The summed E-state index contributed by atoms with van der Waals surface area (Å²) in [5.41, 5.74) is 5.41. The molecule has 35 heavy (non-hydrogen) atoms. The molecular formula is C27H23BrN2O3S2. The van der Waals surface area contributed by atoms with E-state index in [1.54, 1.807) is 17.0 Å². The smallest absolute Gasteiger partial charge is 0.270 e. The summed E-state index contributed by atoms with van der Waals surface area (Å²) in [4.78, 5) is 27.5. The van der Waals surface area contributed by atoms with Gasteiger partial charge in [0.15, 0.2) is 10.9 Å². The molecule has 5 nitrogen and oxygen atoms in total. The number of anilines is 2. The molecule has 4 rings (SSSR count). The fraction of sp³-hybridized carbons (Fsp3) is 0.148. The van der Waals surface area contributed by atoms with Gasteiger partial charge in [-0.25, -0.2) is 0 Å². The third-order valence-electron chi connectivity index (χ3n) is 5.36. The molecule has 1 fully saturated rings. The van der Waals surface area contributed by atoms with E-state index < -0.39 is 0 Å². The standard InChI is InChI=1S/C27H23BrN2O3S2/c1-16-5-4-6-21(11-16)30-26(32)23(35-27(30)34)14-19-7-9-22(10-8-19)33-15-24(31)29-25-17(2)12-20(28)13-18(25)3/h4-14H,15H2,1-3H3,(H,29,31)/b23-14-. The van der Waals surface area contributed by atoms with Gasteiger partial charge < -0.3 is 10.1 Å². The highest BCUT2D eigenvalue weighted by Gasteiger charge is 2.33. The summed E-state index contributed by atoms with van der Waals surface area (Å²) in [6.45, 7) is 5.76. The molecule has 0 atom stereocenters. The van der Waals surface area contributed by atoms with Crippen molar-refractivity contribution >= 4 is 73.5 Å². The van der Waals surface area contributed by atoms with E-state index in [1.165, 1.54) is 11.8 Å². The summed E-state index contributed by atoms with van der Waals surface area (Å²) in [6.07, 6.45) is 1.81. The Labute approximate surface area is 222 Å². The van der Waals surface area contributed by atoms with Crippen LogP contribution < -0.4 is 15.0 Å². The van der Waals surface area contributed by atoms with Crippen molar-refractivity contribution in [2.75, 3.05) is 16.8 Å². The van der Waals surface area contributed by atoms with Crippen LogP contribution in [0.3, 0.4) is 0 Å². The van der Waals surface area contributed by atoms with Crippen LogP contribution in [-0.4, -0.2) is 22.7 Å². The average Bonchev–Trinajstić information content (AvgIpc) is 3.08. The Morgan fingerprint density at radius 1 is 1.09 bits per heavy atom. The highest BCUT2D eigenvalue weighted by atomic mass is 79.9. The van der Waals surface area contributed by atoms with Gasteiger partial charge in [-0.1, -0.05) is 64.2 Å². The Balaban J connectivity index is 1.38. The van der Waals surface area contributed by atoms with Crippen molar-refractivity contribution in [3.63, 3.8) is 0 Å². The van der Waals surface area contributed by atoms with Crippen molar-refractivity contribution in [1.82, 2.24) is 0 Å². The molecule has 1 N–H and O–H groups in total. The second-order valence-corrected chi connectivity index (χ2v) is 10.8. The maximum atomic E-state index is 13.0. The summed E-state index contributed by atoms with van der Waals surface area (Å²) < 4.78 is 7.13. The zero-order valence-corrected chi connectivity index (χ0v) is 22.6. The number of thiocarbonyl (C=S) groups is 1. The Hall–Kier alpha value is -2.94. The van der Waals surface area contributed by atoms with Gasteiger partial charge in [0.05, 0.1) is 10.6 Å². The lowest BCUT2D eigenvalue weighted by Crippen LogP contribution is -2.27. The van der Waals surface area contributed by atoms with E-state index in [9.17, 15) is 9.59 Å². The van der Waals surface area contributed by atoms with Crippen molar-refractivity contribution in [2.24, 2.45) is 0 Å². The van der Waals surface area contributed by atoms with Crippen molar-refractivity contribution in [3.05, 3.63) is 92.3 Å². The van der Waals surface area contributed by atoms with Crippen LogP contribution in [0.25, 0.3) is 6.08 Å². The fourth-order valence-electron chi connectivity index (χ4n) is 3.70. The Morgan fingerprint density at radius 2 is 1.77 bits per heavy atom. The van der Waals surface area contributed by atoms with Crippen LogP contribution in [-0.2, 0) is 9.59 Å². The third kappa shape index (κ3) is 6.01. The number of carbonyl (C=O) groups is 2. The number of benzene rings is 3. The van der Waals surface area contributed by atoms with Crippen molar-refractivity contribution in [3.8, 4) is 5.75 Å². The van der Waals surface area contributed by atoms with Gasteiger partial charge in [-0.05, 0) is 85.5 Å². The maximum Gasteiger partial charge on any atom is 0.270 e. The van der Waals surface area contributed by atoms with E-state index in [0.29, 0.717) is 15.0 Å². The molecule has 3 aromatic carbocycles. The van der Waals surface area contributed by atoms with E-state index in [4.69, 9.17) is 17.0 Å². The highest BCUT2D eigenvalue weighted by molar-refractivity contribution is 9.10. The number of carbonyl (C=O) groups excluding carboxylic acids is 2. The predicted molar refractivity (Wildman–Crippen MR) is 151 cm³/mol. The first-order chi connectivity index (χ1) is 16.7. The molecular weight excluding hydrogens is 544 g/mol. The summed E-state index contributed by atoms with van der Waals surface area (Å²) in [7, 11) is 0. The van der Waals surface area contributed by atoms with Gasteiger partial charge >= 0.3 is 0 Å². The highest BCUT2D eigenvalue weighted by Crippen LogP contribution is 2.36. The van der Waals surface area contributed by atoms with Gasteiger partial charge in [0.25, 0.3) is 11.8 Å². The normalized spacial score (nSPS) is 14.5. The van der Waals surface area contributed by atoms with Crippen LogP contribution in [0.2, 0.25) is 0 Å². The van der Waals surface area contributed by atoms with E-state index >= 15 is 0 Å². The molecule has 2 amide bonds. The number of nitrogens with zero attached hydrogens (tertiary/aromatic N) is 1. The molecule has 8 heteroatoms. The first-order valence-corrected chi connectivity index (χ1v) is 12.9. The lowest BCUT2D eigenvalue weighted by molar-refractivity contribution is -0.118. The molecule has 0 aromatic heterocycles. The monoisotopic (exact) mass is 566 g/mol. The fourth-order valence-corrected chi connectivity index (χ4v) is 5.69. The van der Waals surface area contributed by atoms with Crippen LogP contribution in [0.4, 0.5) is 11.4 Å². The largest absolute Gasteiger partial charge is 0.484 e. The molecule has 1 saturated heterocycles. The van der Waals surface area contributed by atoms with Crippen molar-refractivity contribution < 1.29 is 14.3 Å². The Bertz CT molecular complexity index is 1330. The van der Waals surface area contributed by atoms with Gasteiger partial charge in [-0.3, -0.25) is 14.5 Å². The van der Waals surface area contributed by atoms with Crippen LogP contribution in [0.5, 0.6) is 5.75 Å². The number of aryl methyl sites for hydroxylation is 3. The van der Waals surface area contributed by atoms with Gasteiger partial charge in [-0.2, -0.15) is 0 Å². The van der Waals surface area contributed by atoms with Crippen LogP contribution in [0.1, 0.15) is 22.3 Å². The van der Waals surface area contributed by atoms with E-state index in [-0.39, 0.29) is 18.4 Å². The number of nitrogens with one attached hydrogen (secondary N) is 1. The molecule has 1 aliphatic heterocycles. The molecule has 1 heterocycles. The second-order valence-electron chi connectivity index (χ2n) is 8.18. The number of thioether (sulfide) groups is 1. The number of halogens is 1. The summed E-state index contributed by atoms with van der Waals surface area (Å²) >= 11 is 10.2. The molecule has 0 radical (unpaired) electrons. The van der Waals surface area contributed by atoms with E-state index in [1.807, 2.05) is 75.4 Å². The summed E-state index contributed by atoms with van der Waals surface area (Å²) in [5, 5.41) is 2.91. The van der Waals surface area contributed by atoms with Gasteiger partial charge in [0.2, 0.25) is 0 Å². The minimum atomic E-state index is -0.234. The van der Waals surface area contributed by atoms with Crippen LogP contribution in [0, 0.1) is 20.8 Å². The zero-order chi connectivity index (χ0) is 25.1. The minimum absolute atomic E-state index is 0.108. The number of hydrogen-bond acceptors (Lipinski definition) is 5. The molecule has 3 aromatic rings. The molecule has 0 aliphatic carbocycles. The van der Waals surface area contributed by atoms with Crippen molar-refractivity contribution in [1.29, 1.82) is 0 Å². The third-order valence-corrected chi connectivity index (χ3v) is 7.12. The van der Waals surface area contributed by atoms with E-state index in [0.717, 1.165) is 38.1 Å². The van der Waals surface area contributed by atoms with E-state index in [2.05, 4.69) is 21.2 Å². The number of ether oxygens (including phenoxy) is 1. The lowest BCUT2D eigenvalue weighted by atomic mass is 10.1. The molecule has 0 unspecified atom stereocenters. The van der Waals surface area contributed by atoms with Gasteiger partial charge in [0.1, 0.15) is 5.75 Å². The molecule has 1 aliphatic rings. The quantitative estimate of drug-likeness (QED) is 0.262. The van der Waals surface area contributed by atoms with Crippen LogP contribution >= 0.6 is 39.9 Å². The Kier molecular flexibility index (Phi) is 7.74. The summed E-state index contributed by atoms with van der Waals surface area (Å²) in [5.74, 6) is 0.192. The zero-order valence-electron chi connectivity index (χ0n) is 19.4. The Morgan fingerprint density at radius 3 is 2.43 bits per heavy atom. The SMILES string of the molecule is Cc1cccc(N2C(=O)/C(=C/c3ccc(OCC(=O)Nc4c(C)cc(Br)cc4C)cc3)SC2=S)c1. The average molecular weight is 568 g/mol. The van der Waals surface area contributed by atoms with Crippen molar-refractivity contribution in [2.45, 2.75) is 20.8 Å². The number of rotatable bonds is 6. The topological polar surface area (TPSA) is 58.6 Å².